The molecule has 1 N–H and O–H groups in total. The maximum absolute atomic E-state index is 11.1. The topological polar surface area (TPSA) is 50.7 Å². The molecule has 3 rings (SSSR count). The SMILES string of the molecule is O=C1N[C@H]2SC(COc3ccccc3)=N[C@@H]12. The minimum atomic E-state index is -0.181. The molecule has 1 aromatic rings. The Labute approximate surface area is 97.1 Å². The van der Waals surface area contributed by atoms with Crippen molar-refractivity contribution in [3.63, 3.8) is 0 Å². The molecule has 4 nitrogen and oxygen atoms in total. The molecule has 16 heavy (non-hydrogen) atoms. The van der Waals surface area contributed by atoms with Gasteiger partial charge in [-0.1, -0.05) is 30.0 Å². The number of thioether (sulfide) groups is 1. The molecule has 1 amide bonds. The number of carbonyl (C=O) groups excluding carboxylic acids is 1. The molecule has 2 atom stereocenters. The van der Waals surface area contributed by atoms with Crippen LogP contribution in [0.2, 0.25) is 0 Å². The molecule has 1 saturated heterocycles. The van der Waals surface area contributed by atoms with E-state index in [0.717, 1.165) is 10.8 Å². The van der Waals surface area contributed by atoms with Gasteiger partial charge in [0.15, 0.2) is 6.04 Å². The van der Waals surface area contributed by atoms with E-state index in [1.165, 1.54) is 0 Å². The highest BCUT2D eigenvalue weighted by Gasteiger charge is 2.44. The first-order chi connectivity index (χ1) is 7.83. The number of carbonyl (C=O) groups is 1. The molecule has 0 radical (unpaired) electrons. The summed E-state index contributed by atoms with van der Waals surface area (Å²) in [5.74, 6) is 0.844. The van der Waals surface area contributed by atoms with E-state index >= 15 is 0 Å². The molecule has 2 heterocycles. The Morgan fingerprint density at radius 2 is 2.19 bits per heavy atom. The molecule has 1 aromatic carbocycles. The number of ether oxygens (including phenoxy) is 1. The van der Waals surface area contributed by atoms with Crippen LogP contribution in [0.25, 0.3) is 0 Å². The van der Waals surface area contributed by atoms with E-state index in [0.29, 0.717) is 6.61 Å². The number of β-lactam (4-membered cyclic amide) rings is 1. The average molecular weight is 234 g/mol. The smallest absolute Gasteiger partial charge is 0.248 e. The summed E-state index contributed by atoms with van der Waals surface area (Å²) in [5, 5.41) is 3.81. The van der Waals surface area contributed by atoms with Crippen molar-refractivity contribution in [3.8, 4) is 5.75 Å². The fourth-order valence-corrected chi connectivity index (χ4v) is 2.71. The molecule has 82 valence electrons. The van der Waals surface area contributed by atoms with Gasteiger partial charge in [-0.2, -0.15) is 0 Å². The van der Waals surface area contributed by atoms with Crippen molar-refractivity contribution in [2.45, 2.75) is 11.4 Å². The predicted octanol–water partition coefficient (Wildman–Crippen LogP) is 1.04. The summed E-state index contributed by atoms with van der Waals surface area (Å²) < 4.78 is 5.56. The van der Waals surface area contributed by atoms with Gasteiger partial charge in [0.1, 0.15) is 22.8 Å². The van der Waals surface area contributed by atoms with Gasteiger partial charge in [-0.3, -0.25) is 9.79 Å². The average Bonchev–Trinajstić information content (AvgIpc) is 2.65. The van der Waals surface area contributed by atoms with Crippen LogP contribution in [0.3, 0.4) is 0 Å². The molecular weight excluding hydrogens is 224 g/mol. The molecular formula is C11H10N2O2S. The number of nitrogens with zero attached hydrogens (tertiary/aromatic N) is 1. The van der Waals surface area contributed by atoms with Gasteiger partial charge in [0, 0.05) is 0 Å². The van der Waals surface area contributed by atoms with E-state index in [9.17, 15) is 4.79 Å². The number of benzene rings is 1. The van der Waals surface area contributed by atoms with Crippen LogP contribution < -0.4 is 10.1 Å². The van der Waals surface area contributed by atoms with Crippen LogP contribution in [0.1, 0.15) is 0 Å². The number of hydrogen-bond donors (Lipinski definition) is 1. The molecule has 1 fully saturated rings. The number of hydrogen-bond acceptors (Lipinski definition) is 4. The summed E-state index contributed by atoms with van der Waals surface area (Å²) in [4.78, 5) is 15.4. The van der Waals surface area contributed by atoms with Crippen molar-refractivity contribution in [1.82, 2.24) is 5.32 Å². The third kappa shape index (κ3) is 1.67. The first-order valence-electron chi connectivity index (χ1n) is 5.04. The summed E-state index contributed by atoms with van der Waals surface area (Å²) in [7, 11) is 0. The van der Waals surface area contributed by atoms with Crippen molar-refractivity contribution >= 4 is 22.7 Å². The highest BCUT2D eigenvalue weighted by Crippen LogP contribution is 2.31. The first-order valence-corrected chi connectivity index (χ1v) is 5.92. The summed E-state index contributed by atoms with van der Waals surface area (Å²) in [6, 6.07) is 9.41. The summed E-state index contributed by atoms with van der Waals surface area (Å²) in [6.07, 6.45) is 0. The van der Waals surface area contributed by atoms with Crippen LogP contribution in [-0.4, -0.2) is 29.0 Å². The molecule has 2 aliphatic heterocycles. The van der Waals surface area contributed by atoms with Gasteiger partial charge in [-0.15, -0.1) is 0 Å². The second-order valence-electron chi connectivity index (χ2n) is 3.62. The van der Waals surface area contributed by atoms with Crippen LogP contribution in [0.5, 0.6) is 5.75 Å². The Morgan fingerprint density at radius 1 is 1.38 bits per heavy atom. The Kier molecular flexibility index (Phi) is 2.32. The van der Waals surface area contributed by atoms with Crippen molar-refractivity contribution in [2.75, 3.05) is 6.61 Å². The number of fused-ring (bicyclic) bond motifs is 1. The molecule has 0 aromatic heterocycles. The Morgan fingerprint density at radius 3 is 2.88 bits per heavy atom. The largest absolute Gasteiger partial charge is 0.487 e. The number of amides is 1. The quantitative estimate of drug-likeness (QED) is 0.795. The van der Waals surface area contributed by atoms with Crippen LogP contribution in [0.4, 0.5) is 0 Å². The van der Waals surface area contributed by atoms with Gasteiger partial charge in [-0.05, 0) is 12.1 Å². The standard InChI is InChI=1S/C11H10N2O2S/c14-10-9-11(13-10)16-8(12-9)6-15-7-4-2-1-3-5-7/h1-5,9,11H,6H2,(H,13,14)/t9-,11-/m0/s1. The van der Waals surface area contributed by atoms with E-state index in [-0.39, 0.29) is 17.3 Å². The van der Waals surface area contributed by atoms with Gasteiger partial charge in [0.05, 0.1) is 0 Å². The lowest BCUT2D eigenvalue weighted by atomic mass is 10.2. The first kappa shape index (κ1) is 9.72. The Balaban J connectivity index is 1.59. The minimum absolute atomic E-state index is 0.0206. The molecule has 0 spiro atoms. The van der Waals surface area contributed by atoms with Gasteiger partial charge >= 0.3 is 0 Å². The van der Waals surface area contributed by atoms with E-state index < -0.39 is 0 Å². The normalized spacial score (nSPS) is 26.5. The summed E-state index contributed by atoms with van der Waals surface area (Å²) in [5.41, 5.74) is 0. The predicted molar refractivity (Wildman–Crippen MR) is 62.7 cm³/mol. The maximum Gasteiger partial charge on any atom is 0.248 e. The third-order valence-electron chi connectivity index (χ3n) is 2.49. The van der Waals surface area contributed by atoms with E-state index in [1.54, 1.807) is 11.8 Å². The third-order valence-corrected chi connectivity index (χ3v) is 3.62. The molecule has 0 unspecified atom stereocenters. The molecule has 0 aliphatic carbocycles. The summed E-state index contributed by atoms with van der Waals surface area (Å²) >= 11 is 1.58. The second-order valence-corrected chi connectivity index (χ2v) is 4.83. The zero-order valence-electron chi connectivity index (χ0n) is 8.42. The van der Waals surface area contributed by atoms with Crippen LogP contribution in [0, 0.1) is 0 Å². The van der Waals surface area contributed by atoms with Gasteiger partial charge in [0.2, 0.25) is 5.91 Å². The lowest BCUT2D eigenvalue weighted by Gasteiger charge is -2.27. The fraction of sp³-hybridized carbons (Fsp3) is 0.273. The number of nitrogens with one attached hydrogen (secondary N) is 1. The molecule has 2 aliphatic rings. The molecule has 0 bridgehead atoms. The lowest BCUT2D eigenvalue weighted by Crippen LogP contribution is -2.57. The minimum Gasteiger partial charge on any atom is -0.487 e. The second kappa shape index (κ2) is 3.83. The van der Waals surface area contributed by atoms with Crippen LogP contribution >= 0.6 is 11.8 Å². The van der Waals surface area contributed by atoms with Crippen molar-refractivity contribution in [1.29, 1.82) is 0 Å². The van der Waals surface area contributed by atoms with E-state index in [1.807, 2.05) is 30.3 Å². The summed E-state index contributed by atoms with van der Waals surface area (Å²) in [6.45, 7) is 0.441. The number of aliphatic imine (C=N–C) groups is 1. The zero-order valence-corrected chi connectivity index (χ0v) is 9.24. The van der Waals surface area contributed by atoms with Crippen LogP contribution in [0.15, 0.2) is 35.3 Å². The van der Waals surface area contributed by atoms with Crippen LogP contribution in [-0.2, 0) is 4.79 Å². The van der Waals surface area contributed by atoms with E-state index in [2.05, 4.69) is 10.3 Å². The lowest BCUT2D eigenvalue weighted by molar-refractivity contribution is -0.127. The number of para-hydroxylation sites is 1. The highest BCUT2D eigenvalue weighted by molar-refractivity contribution is 8.15. The Bertz CT molecular complexity index is 447. The van der Waals surface area contributed by atoms with Gasteiger partial charge < -0.3 is 10.1 Å². The van der Waals surface area contributed by atoms with Gasteiger partial charge in [0.25, 0.3) is 0 Å². The van der Waals surface area contributed by atoms with E-state index in [4.69, 9.17) is 4.74 Å². The van der Waals surface area contributed by atoms with Crippen molar-refractivity contribution in [2.24, 2.45) is 4.99 Å². The zero-order chi connectivity index (χ0) is 11.0. The van der Waals surface area contributed by atoms with Crippen molar-refractivity contribution in [3.05, 3.63) is 30.3 Å². The number of rotatable bonds is 3. The Hall–Kier alpha value is -1.49. The molecule has 5 heteroatoms. The fourth-order valence-electron chi connectivity index (χ4n) is 1.63. The maximum atomic E-state index is 11.1. The highest BCUT2D eigenvalue weighted by atomic mass is 32.2. The van der Waals surface area contributed by atoms with Crippen molar-refractivity contribution < 1.29 is 9.53 Å². The van der Waals surface area contributed by atoms with Gasteiger partial charge in [-0.25, -0.2) is 0 Å². The monoisotopic (exact) mass is 234 g/mol. The molecule has 0 saturated carbocycles.